The Balaban J connectivity index is 1.85. The number of nitrogen functional groups attached to an aromatic ring is 2. The van der Waals surface area contributed by atoms with Crippen LogP contribution in [0.2, 0.25) is 0 Å². The minimum atomic E-state index is -1.20. The molecule has 0 unspecified atom stereocenters. The molecule has 7 nitrogen and oxygen atoms in total. The molecule has 3 aromatic rings. The van der Waals surface area contributed by atoms with Gasteiger partial charge >= 0.3 is 0 Å². The van der Waals surface area contributed by atoms with Crippen LogP contribution in [0.25, 0.3) is 21.5 Å². The van der Waals surface area contributed by atoms with Crippen LogP contribution < -0.4 is 11.5 Å². The molecule has 4 rings (SSSR count). The maximum atomic E-state index is 12.6. The minimum absolute atomic E-state index is 0.230. The summed E-state index contributed by atoms with van der Waals surface area (Å²) in [7, 11) is 0.401. The Kier molecular flexibility index (Phi) is 4.60. The topological polar surface area (TPSA) is 117 Å². The Morgan fingerprint density at radius 3 is 2.69 bits per heavy atom. The van der Waals surface area contributed by atoms with Gasteiger partial charge in [0.15, 0.2) is 0 Å². The van der Waals surface area contributed by atoms with Crippen LogP contribution in [0.3, 0.4) is 0 Å². The summed E-state index contributed by atoms with van der Waals surface area (Å²) in [6.45, 7) is 0.428. The van der Waals surface area contributed by atoms with Crippen molar-refractivity contribution in [2.24, 2.45) is 0 Å². The largest absolute Gasteiger partial charge is 0.396 e. The van der Waals surface area contributed by atoms with Crippen LogP contribution in [0.1, 0.15) is 24.3 Å². The smallest absolute Gasteiger partial charge is 0.219 e. The van der Waals surface area contributed by atoms with E-state index in [0.717, 1.165) is 34.3 Å². The first kappa shape index (κ1) is 17.3. The number of fused-ring (bicyclic) bond motifs is 1. The highest BCUT2D eigenvalue weighted by Crippen LogP contribution is 2.48. The average molecular weight is 390 g/mol. The molecule has 0 bridgehead atoms. The highest BCUT2D eigenvalue weighted by atomic mass is 32.2. The van der Waals surface area contributed by atoms with Gasteiger partial charge in [-0.15, -0.1) is 11.3 Å². The SMILES string of the molecule is COCC[S@@](=O)c1sc2nc(-c3cnc(N)nc3)cc(C3CC3)c2c1N. The second-order valence-electron chi connectivity index (χ2n) is 6.23. The molecule has 0 aromatic carbocycles. The zero-order valence-electron chi connectivity index (χ0n) is 14.3. The second kappa shape index (κ2) is 6.90. The number of anilines is 2. The Hall–Kier alpha value is -2.10. The van der Waals surface area contributed by atoms with Crippen molar-refractivity contribution in [3.63, 3.8) is 0 Å². The number of nitrogens with two attached hydrogens (primary N) is 2. The lowest BCUT2D eigenvalue weighted by molar-refractivity contribution is 0.218. The van der Waals surface area contributed by atoms with Crippen molar-refractivity contribution in [3.8, 4) is 11.3 Å². The van der Waals surface area contributed by atoms with E-state index in [4.69, 9.17) is 21.2 Å². The van der Waals surface area contributed by atoms with Gasteiger partial charge < -0.3 is 16.2 Å². The predicted octanol–water partition coefficient (Wildman–Crippen LogP) is 2.55. The van der Waals surface area contributed by atoms with Crippen molar-refractivity contribution < 1.29 is 8.95 Å². The normalized spacial score (nSPS) is 15.4. The Labute approximate surface area is 157 Å². The molecule has 0 saturated heterocycles. The van der Waals surface area contributed by atoms with Gasteiger partial charge in [-0.1, -0.05) is 0 Å². The summed E-state index contributed by atoms with van der Waals surface area (Å²) >= 11 is 1.40. The lowest BCUT2D eigenvalue weighted by atomic mass is 10.0. The van der Waals surface area contributed by atoms with E-state index in [1.807, 2.05) is 0 Å². The van der Waals surface area contributed by atoms with E-state index in [1.165, 1.54) is 16.9 Å². The van der Waals surface area contributed by atoms with E-state index in [2.05, 4.69) is 16.0 Å². The van der Waals surface area contributed by atoms with Crippen molar-refractivity contribution in [3.05, 3.63) is 24.0 Å². The number of nitrogens with zero attached hydrogens (tertiary/aromatic N) is 3. The van der Waals surface area contributed by atoms with Crippen LogP contribution in [0.15, 0.2) is 22.7 Å². The van der Waals surface area contributed by atoms with E-state index >= 15 is 0 Å². The molecule has 3 aromatic heterocycles. The molecule has 1 fully saturated rings. The standard InChI is InChI=1S/C17H19N5O2S2/c1-24-4-5-26(23)16-14(18)13-11(9-2-3-9)6-12(22-15(13)25-16)10-7-20-17(19)21-8-10/h6-9H,2-5,18H2,1H3,(H2,19,20,21)/t26-/m1/s1. The van der Waals surface area contributed by atoms with Gasteiger partial charge in [-0.25, -0.2) is 15.0 Å². The molecular weight excluding hydrogens is 370 g/mol. The average Bonchev–Trinajstić information content (AvgIpc) is 3.43. The molecule has 0 radical (unpaired) electrons. The first-order valence-corrected chi connectivity index (χ1v) is 10.4. The second-order valence-corrected chi connectivity index (χ2v) is 8.99. The first-order chi connectivity index (χ1) is 12.6. The van der Waals surface area contributed by atoms with Gasteiger partial charge in [-0.3, -0.25) is 4.21 Å². The molecule has 0 aliphatic heterocycles. The van der Waals surface area contributed by atoms with Gasteiger partial charge in [0, 0.05) is 30.5 Å². The highest BCUT2D eigenvalue weighted by Gasteiger charge is 2.29. The molecule has 136 valence electrons. The number of ether oxygens (including phenoxy) is 1. The molecule has 1 aliphatic rings. The summed E-state index contributed by atoms with van der Waals surface area (Å²) in [6.07, 6.45) is 5.60. The van der Waals surface area contributed by atoms with Gasteiger partial charge in [0.2, 0.25) is 5.95 Å². The molecule has 3 heterocycles. The third kappa shape index (κ3) is 3.17. The summed E-state index contributed by atoms with van der Waals surface area (Å²) in [6, 6.07) is 2.06. The van der Waals surface area contributed by atoms with Gasteiger partial charge in [0.25, 0.3) is 0 Å². The van der Waals surface area contributed by atoms with E-state index in [9.17, 15) is 4.21 Å². The number of hydrogen-bond donors (Lipinski definition) is 2. The lowest BCUT2D eigenvalue weighted by Gasteiger charge is -2.07. The summed E-state index contributed by atoms with van der Waals surface area (Å²) in [5.41, 5.74) is 15.3. The van der Waals surface area contributed by atoms with E-state index in [1.54, 1.807) is 19.5 Å². The van der Waals surface area contributed by atoms with Gasteiger partial charge in [-0.2, -0.15) is 0 Å². The molecule has 9 heteroatoms. The van der Waals surface area contributed by atoms with Crippen molar-refractivity contribution in [2.75, 3.05) is 30.9 Å². The van der Waals surface area contributed by atoms with Crippen LogP contribution in [0, 0.1) is 0 Å². The van der Waals surface area contributed by atoms with Gasteiger partial charge in [0.1, 0.15) is 9.04 Å². The Bertz CT molecular complexity index is 983. The number of methoxy groups -OCH3 is 1. The number of pyridine rings is 1. The van der Waals surface area contributed by atoms with Crippen LogP contribution >= 0.6 is 11.3 Å². The fourth-order valence-corrected chi connectivity index (χ4v) is 5.46. The molecule has 4 N–H and O–H groups in total. The number of rotatable bonds is 6. The summed E-state index contributed by atoms with van der Waals surface area (Å²) < 4.78 is 18.3. The monoisotopic (exact) mass is 389 g/mol. The highest BCUT2D eigenvalue weighted by molar-refractivity contribution is 7.87. The Morgan fingerprint density at radius 2 is 2.04 bits per heavy atom. The van der Waals surface area contributed by atoms with Crippen LogP contribution in [0.4, 0.5) is 11.6 Å². The molecule has 1 aliphatic carbocycles. The fraction of sp³-hybridized carbons (Fsp3) is 0.353. The third-order valence-electron chi connectivity index (χ3n) is 4.36. The van der Waals surface area contributed by atoms with Gasteiger partial charge in [0.05, 0.1) is 34.5 Å². The van der Waals surface area contributed by atoms with Crippen molar-refractivity contribution >= 4 is 44.0 Å². The number of hydrogen-bond acceptors (Lipinski definition) is 8. The molecule has 1 atom stereocenters. The molecule has 1 saturated carbocycles. The summed E-state index contributed by atoms with van der Waals surface area (Å²) in [5, 5.41) is 0.943. The molecule has 0 spiro atoms. The maximum absolute atomic E-state index is 12.6. The van der Waals surface area contributed by atoms with Crippen molar-refractivity contribution in [2.45, 2.75) is 23.0 Å². The van der Waals surface area contributed by atoms with E-state index in [0.29, 0.717) is 28.2 Å². The minimum Gasteiger partial charge on any atom is -0.396 e. The number of aromatic nitrogens is 3. The molecular formula is C17H19N5O2S2. The van der Waals surface area contributed by atoms with Crippen molar-refractivity contribution in [1.82, 2.24) is 15.0 Å². The van der Waals surface area contributed by atoms with Gasteiger partial charge in [-0.05, 0) is 30.4 Å². The zero-order chi connectivity index (χ0) is 18.3. The molecule has 26 heavy (non-hydrogen) atoms. The van der Waals surface area contributed by atoms with Crippen molar-refractivity contribution in [1.29, 1.82) is 0 Å². The third-order valence-corrected chi connectivity index (χ3v) is 7.23. The zero-order valence-corrected chi connectivity index (χ0v) is 15.9. The summed E-state index contributed by atoms with van der Waals surface area (Å²) in [4.78, 5) is 13.7. The van der Waals surface area contributed by atoms with Crippen LogP contribution in [-0.4, -0.2) is 38.6 Å². The lowest BCUT2D eigenvalue weighted by Crippen LogP contribution is -2.04. The summed E-state index contributed by atoms with van der Waals surface area (Å²) in [5.74, 6) is 1.13. The maximum Gasteiger partial charge on any atom is 0.219 e. The quantitative estimate of drug-likeness (QED) is 0.665. The van der Waals surface area contributed by atoms with E-state index in [-0.39, 0.29) is 5.95 Å². The fourth-order valence-electron chi connectivity index (χ4n) is 2.89. The first-order valence-electron chi connectivity index (χ1n) is 8.26. The van der Waals surface area contributed by atoms with Crippen LogP contribution in [0.5, 0.6) is 0 Å². The Morgan fingerprint density at radius 1 is 1.31 bits per heavy atom. The van der Waals surface area contributed by atoms with Crippen LogP contribution in [-0.2, 0) is 15.5 Å². The molecule has 0 amide bonds. The predicted molar refractivity (Wildman–Crippen MR) is 105 cm³/mol. The number of thiophene rings is 1. The van der Waals surface area contributed by atoms with E-state index < -0.39 is 10.8 Å².